The van der Waals surface area contributed by atoms with Gasteiger partial charge in [-0.15, -0.1) is 0 Å². The smallest absolute Gasteiger partial charge is 0.207 e. The molecule has 2 atom stereocenters. The lowest BCUT2D eigenvalue weighted by molar-refractivity contribution is 0.243. The van der Waals surface area contributed by atoms with Gasteiger partial charge in [-0.25, -0.2) is 28.1 Å². The number of aromatic nitrogens is 4. The Labute approximate surface area is 157 Å². The van der Waals surface area contributed by atoms with E-state index in [9.17, 15) is 13.2 Å². The number of nitrogens with zero attached hydrogens (tertiary/aromatic N) is 5. The first-order valence-corrected chi connectivity index (χ1v) is 8.76. The summed E-state index contributed by atoms with van der Waals surface area (Å²) in [5, 5.41) is 0.377. The molecule has 1 fully saturated rings. The molecule has 1 unspecified atom stereocenters. The van der Waals surface area contributed by atoms with Crippen LogP contribution in [0.25, 0.3) is 11.0 Å². The molecule has 3 aromatic rings. The third-order valence-electron chi connectivity index (χ3n) is 4.58. The fourth-order valence-corrected chi connectivity index (χ4v) is 3.33. The minimum atomic E-state index is -1.10. The highest BCUT2D eigenvalue weighted by Crippen LogP contribution is 2.28. The molecule has 6 nitrogen and oxygen atoms in total. The SMILES string of the molecule is N[C@@H]1CN(c2nc3c(F)cc(F)cc3n2Cc2ncc(Cl)cn2)CCC1F. The van der Waals surface area contributed by atoms with Crippen LogP contribution in [0.3, 0.4) is 0 Å². The van der Waals surface area contributed by atoms with Gasteiger partial charge in [0, 0.05) is 37.6 Å². The number of fused-ring (bicyclic) bond motifs is 1. The molecule has 0 radical (unpaired) electrons. The summed E-state index contributed by atoms with van der Waals surface area (Å²) in [5.74, 6) is -0.722. The zero-order chi connectivity index (χ0) is 19.1. The molecule has 2 N–H and O–H groups in total. The number of halogens is 4. The number of alkyl halides is 1. The van der Waals surface area contributed by atoms with Crippen molar-refractivity contribution in [3.05, 3.63) is 47.0 Å². The number of imidazole rings is 1. The molecule has 4 rings (SSSR count). The molecule has 1 aliphatic heterocycles. The van der Waals surface area contributed by atoms with Crippen molar-refractivity contribution in [1.29, 1.82) is 0 Å². The predicted molar refractivity (Wildman–Crippen MR) is 95.5 cm³/mol. The summed E-state index contributed by atoms with van der Waals surface area (Å²) in [4.78, 5) is 14.4. The molecule has 1 saturated heterocycles. The number of piperidine rings is 1. The average molecular weight is 397 g/mol. The number of hydrogen-bond donors (Lipinski definition) is 1. The van der Waals surface area contributed by atoms with E-state index in [1.807, 2.05) is 0 Å². The monoisotopic (exact) mass is 396 g/mol. The van der Waals surface area contributed by atoms with Crippen LogP contribution in [0.2, 0.25) is 5.02 Å². The Morgan fingerprint density at radius 2 is 1.96 bits per heavy atom. The van der Waals surface area contributed by atoms with Gasteiger partial charge in [0.1, 0.15) is 23.3 Å². The van der Waals surface area contributed by atoms with Crippen molar-refractivity contribution in [2.24, 2.45) is 5.73 Å². The molecule has 3 heterocycles. The Morgan fingerprint density at radius 1 is 1.22 bits per heavy atom. The van der Waals surface area contributed by atoms with Crippen molar-refractivity contribution in [2.75, 3.05) is 18.0 Å². The average Bonchev–Trinajstić information content (AvgIpc) is 2.98. The largest absolute Gasteiger partial charge is 0.340 e. The van der Waals surface area contributed by atoms with E-state index in [1.165, 1.54) is 18.5 Å². The highest BCUT2D eigenvalue weighted by atomic mass is 35.5. The molecule has 0 spiro atoms. The van der Waals surface area contributed by atoms with Crippen LogP contribution in [0.5, 0.6) is 0 Å². The van der Waals surface area contributed by atoms with Crippen molar-refractivity contribution >= 4 is 28.6 Å². The first-order valence-electron chi connectivity index (χ1n) is 8.38. The Balaban J connectivity index is 1.81. The minimum Gasteiger partial charge on any atom is -0.340 e. The van der Waals surface area contributed by atoms with Crippen LogP contribution in [-0.2, 0) is 6.54 Å². The number of nitrogens with two attached hydrogens (primary N) is 1. The Hall–Kier alpha value is -2.39. The predicted octanol–water partition coefficient (Wildman–Crippen LogP) is 2.68. The lowest BCUT2D eigenvalue weighted by Crippen LogP contribution is -2.50. The maximum Gasteiger partial charge on any atom is 0.207 e. The number of hydrogen-bond acceptors (Lipinski definition) is 5. The summed E-state index contributed by atoms with van der Waals surface area (Å²) in [5.41, 5.74) is 6.13. The van der Waals surface area contributed by atoms with Gasteiger partial charge in [0.05, 0.1) is 23.1 Å². The van der Waals surface area contributed by atoms with E-state index < -0.39 is 23.8 Å². The molecule has 1 aliphatic rings. The van der Waals surface area contributed by atoms with Crippen molar-refractivity contribution in [3.8, 4) is 0 Å². The van der Waals surface area contributed by atoms with Crippen LogP contribution in [0.15, 0.2) is 24.5 Å². The fraction of sp³-hybridized carbons (Fsp3) is 0.353. The highest BCUT2D eigenvalue weighted by Gasteiger charge is 2.30. The van der Waals surface area contributed by atoms with Crippen LogP contribution >= 0.6 is 11.6 Å². The summed E-state index contributed by atoms with van der Waals surface area (Å²) in [6.45, 7) is 0.705. The van der Waals surface area contributed by atoms with Crippen molar-refractivity contribution in [3.63, 3.8) is 0 Å². The first-order chi connectivity index (χ1) is 12.9. The van der Waals surface area contributed by atoms with Gasteiger partial charge in [0.2, 0.25) is 5.95 Å². The van der Waals surface area contributed by atoms with Crippen molar-refractivity contribution < 1.29 is 13.2 Å². The Bertz CT molecular complexity index is 977. The second-order valence-corrected chi connectivity index (χ2v) is 6.92. The molecule has 0 amide bonds. The van der Waals surface area contributed by atoms with Gasteiger partial charge < -0.3 is 15.2 Å². The molecule has 0 bridgehead atoms. The number of benzene rings is 1. The molecule has 27 heavy (non-hydrogen) atoms. The summed E-state index contributed by atoms with van der Waals surface area (Å²) in [6, 6.07) is 1.30. The maximum atomic E-state index is 14.3. The molecular weight excluding hydrogens is 381 g/mol. The highest BCUT2D eigenvalue weighted by molar-refractivity contribution is 6.30. The molecule has 0 aliphatic carbocycles. The van der Waals surface area contributed by atoms with E-state index in [4.69, 9.17) is 17.3 Å². The first kappa shape index (κ1) is 18.0. The fourth-order valence-electron chi connectivity index (χ4n) is 3.23. The summed E-state index contributed by atoms with van der Waals surface area (Å²) < 4.78 is 43.5. The van der Waals surface area contributed by atoms with E-state index in [0.717, 1.165) is 6.07 Å². The van der Waals surface area contributed by atoms with Gasteiger partial charge >= 0.3 is 0 Å². The summed E-state index contributed by atoms with van der Waals surface area (Å²) in [6.07, 6.45) is 2.01. The topological polar surface area (TPSA) is 72.9 Å². The molecule has 0 saturated carbocycles. The number of anilines is 1. The van der Waals surface area contributed by atoms with Crippen LogP contribution in [-0.4, -0.2) is 44.8 Å². The zero-order valence-corrected chi connectivity index (χ0v) is 14.9. The van der Waals surface area contributed by atoms with Gasteiger partial charge in [-0.3, -0.25) is 0 Å². The summed E-state index contributed by atoms with van der Waals surface area (Å²) >= 11 is 5.81. The quantitative estimate of drug-likeness (QED) is 0.737. The van der Waals surface area contributed by atoms with E-state index in [0.29, 0.717) is 23.3 Å². The van der Waals surface area contributed by atoms with E-state index in [-0.39, 0.29) is 30.5 Å². The van der Waals surface area contributed by atoms with Crippen LogP contribution in [0.1, 0.15) is 12.2 Å². The van der Waals surface area contributed by atoms with Crippen molar-refractivity contribution in [2.45, 2.75) is 25.2 Å². The van der Waals surface area contributed by atoms with Crippen LogP contribution in [0, 0.1) is 11.6 Å². The second kappa shape index (κ2) is 6.97. The molecule has 10 heteroatoms. The van der Waals surface area contributed by atoms with Gasteiger partial charge in [-0.1, -0.05) is 11.6 Å². The maximum absolute atomic E-state index is 14.3. The van der Waals surface area contributed by atoms with Gasteiger partial charge in [-0.2, -0.15) is 0 Å². The molecule has 2 aromatic heterocycles. The van der Waals surface area contributed by atoms with Gasteiger partial charge in [0.15, 0.2) is 5.82 Å². The molecule has 142 valence electrons. The Morgan fingerprint density at radius 3 is 2.67 bits per heavy atom. The lowest BCUT2D eigenvalue weighted by Gasteiger charge is -2.34. The van der Waals surface area contributed by atoms with Crippen LogP contribution < -0.4 is 10.6 Å². The second-order valence-electron chi connectivity index (χ2n) is 6.49. The van der Waals surface area contributed by atoms with E-state index in [2.05, 4.69) is 15.0 Å². The van der Waals surface area contributed by atoms with E-state index >= 15 is 0 Å². The molecule has 1 aromatic carbocycles. The zero-order valence-electron chi connectivity index (χ0n) is 14.1. The van der Waals surface area contributed by atoms with Gasteiger partial charge in [0.25, 0.3) is 0 Å². The summed E-state index contributed by atoms with van der Waals surface area (Å²) in [7, 11) is 0. The normalized spacial score (nSPS) is 20.4. The third-order valence-corrected chi connectivity index (χ3v) is 4.77. The lowest BCUT2D eigenvalue weighted by atomic mass is 10.1. The Kier molecular flexibility index (Phi) is 4.65. The standard InChI is InChI=1S/C17H16ClF3N6/c18-9-5-23-15(24-6-9)8-27-14-4-10(19)3-12(21)16(14)25-17(27)26-2-1-11(20)13(22)7-26/h3-6,11,13H,1-2,7-8,22H2/t11?,13-/m1/s1. The number of rotatable bonds is 3. The molecular formula is C17H16ClF3N6. The van der Waals surface area contributed by atoms with Gasteiger partial charge in [-0.05, 0) is 6.42 Å². The minimum absolute atomic E-state index is 0.0244. The van der Waals surface area contributed by atoms with E-state index in [1.54, 1.807) is 9.47 Å². The third kappa shape index (κ3) is 3.44. The van der Waals surface area contributed by atoms with Crippen LogP contribution in [0.4, 0.5) is 19.1 Å². The van der Waals surface area contributed by atoms with Crippen molar-refractivity contribution in [1.82, 2.24) is 19.5 Å².